The van der Waals surface area contributed by atoms with Crippen LogP contribution < -0.4 is 4.90 Å². The number of nitrogens with zero attached hydrogens (tertiary/aromatic N) is 2. The summed E-state index contributed by atoms with van der Waals surface area (Å²) < 4.78 is 6.88. The minimum Gasteiger partial charge on any atom is -0.465 e. The summed E-state index contributed by atoms with van der Waals surface area (Å²) in [6, 6.07) is 14.0. The van der Waals surface area contributed by atoms with Crippen molar-refractivity contribution in [2.75, 3.05) is 12.0 Å². The Hall–Kier alpha value is -3.29. The molecule has 3 aromatic rings. The molecule has 0 atom stereocenters. The second-order valence-electron chi connectivity index (χ2n) is 7.65. The molecule has 0 saturated carbocycles. The van der Waals surface area contributed by atoms with Gasteiger partial charge in [-0.3, -0.25) is 9.59 Å². The molecule has 2 heterocycles. The molecule has 6 nitrogen and oxygen atoms in total. The molecule has 33 heavy (non-hydrogen) atoms. The number of methoxy groups -OCH3 is 1. The molecule has 1 saturated heterocycles. The first kappa shape index (κ1) is 22.9. The third kappa shape index (κ3) is 4.21. The Bertz CT molecular complexity index is 1340. The van der Waals surface area contributed by atoms with Gasteiger partial charge in [0.15, 0.2) is 0 Å². The molecule has 2 aromatic carbocycles. The molecule has 8 heteroatoms. The molecule has 1 aromatic heterocycles. The standard InChI is InChI=1S/C25H21ClN2O4S/c1-14-8-9-17(24(30)32-4)11-21(14)27-15(2)10-18(16(27)3)12-22-23(29)28(25(31)33-22)20-7-5-6-19(26)13-20/h5-13H,1-4H3/b22-12+. The number of hydrogen-bond donors (Lipinski definition) is 0. The highest BCUT2D eigenvalue weighted by Crippen LogP contribution is 2.37. The van der Waals surface area contributed by atoms with Crippen molar-refractivity contribution in [3.05, 3.63) is 86.5 Å². The molecule has 2 amide bonds. The Labute approximate surface area is 200 Å². The van der Waals surface area contributed by atoms with E-state index >= 15 is 0 Å². The van der Waals surface area contributed by atoms with Crippen LogP contribution in [0.4, 0.5) is 10.5 Å². The molecule has 1 fully saturated rings. The number of carbonyl (C=O) groups excluding carboxylic acids is 3. The van der Waals surface area contributed by atoms with Crippen molar-refractivity contribution in [1.82, 2.24) is 4.57 Å². The minimum atomic E-state index is -0.409. The van der Waals surface area contributed by atoms with E-state index in [-0.39, 0.29) is 11.1 Å². The lowest BCUT2D eigenvalue weighted by Crippen LogP contribution is -2.27. The molecule has 4 rings (SSSR count). The smallest absolute Gasteiger partial charge is 0.337 e. The fourth-order valence-corrected chi connectivity index (χ4v) is 4.86. The number of anilines is 1. The van der Waals surface area contributed by atoms with Crippen LogP contribution in [0, 0.1) is 20.8 Å². The molecule has 0 spiro atoms. The van der Waals surface area contributed by atoms with Crippen molar-refractivity contribution in [3.63, 3.8) is 0 Å². The zero-order valence-electron chi connectivity index (χ0n) is 18.5. The summed E-state index contributed by atoms with van der Waals surface area (Å²) in [7, 11) is 1.35. The lowest BCUT2D eigenvalue weighted by Gasteiger charge is -2.14. The highest BCUT2D eigenvalue weighted by Gasteiger charge is 2.36. The average Bonchev–Trinajstić information content (AvgIpc) is 3.22. The number of thioether (sulfide) groups is 1. The second kappa shape index (κ2) is 8.92. The molecule has 0 N–H and O–H groups in total. The highest BCUT2D eigenvalue weighted by molar-refractivity contribution is 8.19. The van der Waals surface area contributed by atoms with E-state index in [0.717, 1.165) is 44.9 Å². The first-order valence-electron chi connectivity index (χ1n) is 10.1. The van der Waals surface area contributed by atoms with Crippen LogP contribution in [0.15, 0.2) is 53.4 Å². The van der Waals surface area contributed by atoms with Crippen molar-refractivity contribution in [2.45, 2.75) is 20.8 Å². The fraction of sp³-hybridized carbons (Fsp3) is 0.160. The van der Waals surface area contributed by atoms with Gasteiger partial charge in [0.05, 0.1) is 23.3 Å². The third-order valence-corrected chi connectivity index (χ3v) is 6.59. The van der Waals surface area contributed by atoms with E-state index in [2.05, 4.69) is 0 Å². The van der Waals surface area contributed by atoms with Gasteiger partial charge in [0.25, 0.3) is 11.1 Å². The molecule has 0 bridgehead atoms. The van der Waals surface area contributed by atoms with E-state index < -0.39 is 5.97 Å². The van der Waals surface area contributed by atoms with Gasteiger partial charge in [-0.25, -0.2) is 9.69 Å². The van der Waals surface area contributed by atoms with Crippen LogP contribution in [0.5, 0.6) is 0 Å². The Balaban J connectivity index is 1.73. The molecule has 1 aliphatic rings. The van der Waals surface area contributed by atoms with Crippen molar-refractivity contribution < 1.29 is 19.1 Å². The number of esters is 1. The maximum Gasteiger partial charge on any atom is 0.337 e. The van der Waals surface area contributed by atoms with Gasteiger partial charge in [-0.1, -0.05) is 23.7 Å². The van der Waals surface area contributed by atoms with Crippen LogP contribution >= 0.6 is 23.4 Å². The third-order valence-electron chi connectivity index (χ3n) is 5.49. The first-order chi connectivity index (χ1) is 15.7. The fourth-order valence-electron chi connectivity index (χ4n) is 3.85. The van der Waals surface area contributed by atoms with Gasteiger partial charge in [0.2, 0.25) is 0 Å². The number of rotatable bonds is 4. The quantitative estimate of drug-likeness (QED) is 0.334. The zero-order chi connectivity index (χ0) is 23.9. The number of aromatic nitrogens is 1. The van der Waals surface area contributed by atoms with E-state index in [1.54, 1.807) is 42.5 Å². The summed E-state index contributed by atoms with van der Waals surface area (Å²) in [4.78, 5) is 39.1. The van der Waals surface area contributed by atoms with Crippen LogP contribution in [-0.4, -0.2) is 28.8 Å². The minimum absolute atomic E-state index is 0.334. The van der Waals surface area contributed by atoms with Crippen molar-refractivity contribution in [3.8, 4) is 5.69 Å². The van der Waals surface area contributed by atoms with Crippen LogP contribution in [0.25, 0.3) is 11.8 Å². The largest absolute Gasteiger partial charge is 0.465 e. The molecule has 1 aliphatic heterocycles. The van der Waals surface area contributed by atoms with Gasteiger partial charge < -0.3 is 9.30 Å². The Kier molecular flexibility index (Phi) is 6.19. The van der Waals surface area contributed by atoms with Crippen LogP contribution in [0.3, 0.4) is 0 Å². The number of carbonyl (C=O) groups is 3. The number of imide groups is 1. The van der Waals surface area contributed by atoms with Gasteiger partial charge >= 0.3 is 5.97 Å². The molecule has 168 valence electrons. The molecule has 0 unspecified atom stereocenters. The summed E-state index contributed by atoms with van der Waals surface area (Å²) >= 11 is 6.93. The van der Waals surface area contributed by atoms with Gasteiger partial charge in [-0.05, 0) is 86.1 Å². The van der Waals surface area contributed by atoms with Gasteiger partial charge in [0.1, 0.15) is 0 Å². The topological polar surface area (TPSA) is 68.6 Å². The van der Waals surface area contributed by atoms with Crippen molar-refractivity contribution in [1.29, 1.82) is 0 Å². The molecular formula is C25H21ClN2O4S. The molecule has 0 radical (unpaired) electrons. The number of amides is 2. The monoisotopic (exact) mass is 480 g/mol. The van der Waals surface area contributed by atoms with E-state index in [4.69, 9.17) is 16.3 Å². The van der Waals surface area contributed by atoms with E-state index in [9.17, 15) is 14.4 Å². The Morgan fingerprint density at radius 1 is 1.06 bits per heavy atom. The van der Waals surface area contributed by atoms with E-state index in [0.29, 0.717) is 21.2 Å². The highest BCUT2D eigenvalue weighted by atomic mass is 35.5. The van der Waals surface area contributed by atoms with Gasteiger partial charge in [-0.15, -0.1) is 0 Å². The molecule has 0 aliphatic carbocycles. The lowest BCUT2D eigenvalue weighted by atomic mass is 10.1. The number of benzene rings is 2. The summed E-state index contributed by atoms with van der Waals surface area (Å²) in [6.45, 7) is 5.85. The number of aryl methyl sites for hydroxylation is 2. The zero-order valence-corrected chi connectivity index (χ0v) is 20.1. The van der Waals surface area contributed by atoms with Crippen molar-refractivity contribution >= 4 is 52.2 Å². The van der Waals surface area contributed by atoms with Crippen LogP contribution in [-0.2, 0) is 9.53 Å². The van der Waals surface area contributed by atoms with Gasteiger partial charge in [0, 0.05) is 22.1 Å². The number of halogens is 1. The summed E-state index contributed by atoms with van der Waals surface area (Å²) in [6.07, 6.45) is 1.73. The van der Waals surface area contributed by atoms with Crippen LogP contribution in [0.1, 0.15) is 32.9 Å². The maximum atomic E-state index is 13.0. The molecular weight excluding hydrogens is 460 g/mol. The summed E-state index contributed by atoms with van der Waals surface area (Å²) in [5.41, 5.74) is 5.35. The SMILES string of the molecule is COC(=O)c1ccc(C)c(-n2c(C)cc(/C=C3/SC(=O)N(c4cccc(Cl)c4)C3=O)c2C)c1. The van der Waals surface area contributed by atoms with E-state index in [1.807, 2.05) is 37.5 Å². The first-order valence-corrected chi connectivity index (χ1v) is 11.3. The average molecular weight is 481 g/mol. The number of ether oxygens (including phenoxy) is 1. The van der Waals surface area contributed by atoms with E-state index in [1.165, 1.54) is 7.11 Å². The summed E-state index contributed by atoms with van der Waals surface area (Å²) in [5, 5.41) is 0.0765. The Morgan fingerprint density at radius 3 is 2.52 bits per heavy atom. The predicted molar refractivity (Wildman–Crippen MR) is 131 cm³/mol. The predicted octanol–water partition coefficient (Wildman–Crippen LogP) is 6.08. The Morgan fingerprint density at radius 2 is 1.82 bits per heavy atom. The second-order valence-corrected chi connectivity index (χ2v) is 9.08. The summed E-state index contributed by atoms with van der Waals surface area (Å²) in [5.74, 6) is -0.797. The normalized spacial score (nSPS) is 14.9. The van der Waals surface area contributed by atoms with Crippen LogP contribution in [0.2, 0.25) is 5.02 Å². The lowest BCUT2D eigenvalue weighted by molar-refractivity contribution is -0.113. The maximum absolute atomic E-state index is 13.0. The van der Waals surface area contributed by atoms with Gasteiger partial charge in [-0.2, -0.15) is 0 Å². The van der Waals surface area contributed by atoms with Crippen molar-refractivity contribution in [2.24, 2.45) is 0 Å². The number of hydrogen-bond acceptors (Lipinski definition) is 5.